The third-order valence-electron chi connectivity index (χ3n) is 6.24. The number of aryl methyl sites for hydroxylation is 1. The van der Waals surface area contributed by atoms with Gasteiger partial charge in [0.2, 0.25) is 5.91 Å². The summed E-state index contributed by atoms with van der Waals surface area (Å²) in [7, 11) is 0. The second-order valence-corrected chi connectivity index (χ2v) is 8.36. The molecule has 2 aromatic carbocycles. The van der Waals surface area contributed by atoms with Crippen LogP contribution in [-0.4, -0.2) is 46.8 Å². The summed E-state index contributed by atoms with van der Waals surface area (Å²) < 4.78 is 5.90. The Morgan fingerprint density at radius 1 is 1.13 bits per heavy atom. The van der Waals surface area contributed by atoms with Crippen LogP contribution in [-0.2, 0) is 4.79 Å². The van der Waals surface area contributed by atoms with Crippen LogP contribution in [0, 0.1) is 12.8 Å². The number of nitrogens with zero attached hydrogens (tertiary/aromatic N) is 1. The van der Waals surface area contributed by atoms with Crippen molar-refractivity contribution in [3.8, 4) is 11.5 Å². The largest absolute Gasteiger partial charge is 0.508 e. The SMILES string of the molecule is CCCCOc1cccc(C2C3C(NNC3c3cc(C)ccc3O)C(=O)N2CCO)c1. The maximum atomic E-state index is 13.2. The average molecular weight is 426 g/mol. The molecule has 2 saturated heterocycles. The molecule has 0 radical (unpaired) electrons. The second-order valence-electron chi connectivity index (χ2n) is 8.36. The standard InChI is InChI=1S/C24H31N3O4/c1-3-4-12-31-17-7-5-6-16(14-17)23-20-21(18-13-15(2)8-9-19(18)29)25-26-22(20)24(30)27(23)10-11-28/h5-9,13-14,20-23,25-26,28-29H,3-4,10-12H2,1-2H3. The molecule has 0 saturated carbocycles. The number of carbonyl (C=O) groups is 1. The molecule has 2 fully saturated rings. The lowest BCUT2D eigenvalue weighted by molar-refractivity contribution is -0.131. The first kappa shape index (κ1) is 21.6. The van der Waals surface area contributed by atoms with Crippen LogP contribution in [0.25, 0.3) is 0 Å². The van der Waals surface area contributed by atoms with Gasteiger partial charge in [-0.1, -0.05) is 43.2 Å². The Labute approximate surface area is 183 Å². The van der Waals surface area contributed by atoms with Gasteiger partial charge in [-0.15, -0.1) is 0 Å². The zero-order valence-electron chi connectivity index (χ0n) is 18.0. The summed E-state index contributed by atoms with van der Waals surface area (Å²) >= 11 is 0. The highest BCUT2D eigenvalue weighted by atomic mass is 16.5. The van der Waals surface area contributed by atoms with Crippen molar-refractivity contribution in [3.63, 3.8) is 0 Å². The molecule has 4 rings (SSSR count). The van der Waals surface area contributed by atoms with Gasteiger partial charge in [-0.3, -0.25) is 4.79 Å². The van der Waals surface area contributed by atoms with Gasteiger partial charge in [-0.05, 0) is 37.1 Å². The maximum Gasteiger partial charge on any atom is 0.242 e. The van der Waals surface area contributed by atoms with Gasteiger partial charge in [0, 0.05) is 18.0 Å². The number of phenols is 1. The van der Waals surface area contributed by atoms with Crippen molar-refractivity contribution in [2.45, 2.75) is 44.8 Å². The number of unbranched alkanes of at least 4 members (excludes halogenated alkanes) is 1. The van der Waals surface area contributed by atoms with Crippen LogP contribution in [0.1, 0.15) is 48.5 Å². The minimum atomic E-state index is -0.439. The molecule has 4 unspecified atom stereocenters. The molecule has 2 heterocycles. The van der Waals surface area contributed by atoms with Crippen molar-refractivity contribution in [2.24, 2.45) is 5.92 Å². The van der Waals surface area contributed by atoms with Crippen LogP contribution >= 0.6 is 0 Å². The highest BCUT2D eigenvalue weighted by Gasteiger charge is 2.55. The van der Waals surface area contributed by atoms with E-state index in [2.05, 4.69) is 17.8 Å². The third kappa shape index (κ3) is 4.13. The summed E-state index contributed by atoms with van der Waals surface area (Å²) in [6, 6.07) is 12.4. The number of amides is 1. The van der Waals surface area contributed by atoms with Gasteiger partial charge in [0.1, 0.15) is 17.5 Å². The van der Waals surface area contributed by atoms with Gasteiger partial charge in [0.05, 0.1) is 25.3 Å². The number of aliphatic hydroxyl groups is 1. The van der Waals surface area contributed by atoms with E-state index in [0.717, 1.165) is 35.3 Å². The van der Waals surface area contributed by atoms with Gasteiger partial charge in [-0.25, -0.2) is 10.9 Å². The number of aromatic hydroxyl groups is 1. The molecule has 2 aromatic rings. The molecular formula is C24H31N3O4. The van der Waals surface area contributed by atoms with Crippen molar-refractivity contribution in [2.75, 3.05) is 19.8 Å². The number of nitrogens with one attached hydrogen (secondary N) is 2. The Hall–Kier alpha value is -2.61. The van der Waals surface area contributed by atoms with Crippen molar-refractivity contribution >= 4 is 5.91 Å². The second kappa shape index (κ2) is 9.26. The van der Waals surface area contributed by atoms with Crippen molar-refractivity contribution in [1.82, 2.24) is 15.8 Å². The fourth-order valence-corrected chi connectivity index (χ4v) is 4.77. The molecule has 2 aliphatic heterocycles. The van der Waals surface area contributed by atoms with E-state index in [0.29, 0.717) is 6.61 Å². The smallest absolute Gasteiger partial charge is 0.242 e. The van der Waals surface area contributed by atoms with E-state index in [-0.39, 0.29) is 42.8 Å². The number of likely N-dealkylation sites (tertiary alicyclic amines) is 1. The Kier molecular flexibility index (Phi) is 6.46. The Morgan fingerprint density at radius 3 is 2.71 bits per heavy atom. The predicted molar refractivity (Wildman–Crippen MR) is 118 cm³/mol. The lowest BCUT2D eigenvalue weighted by Gasteiger charge is -2.31. The molecule has 7 nitrogen and oxygen atoms in total. The summed E-state index contributed by atoms with van der Waals surface area (Å²) in [5.41, 5.74) is 9.15. The first-order valence-electron chi connectivity index (χ1n) is 11.0. The quantitative estimate of drug-likeness (QED) is 0.486. The molecule has 2 aliphatic rings. The molecule has 166 valence electrons. The summed E-state index contributed by atoms with van der Waals surface area (Å²) in [4.78, 5) is 14.9. The van der Waals surface area contributed by atoms with E-state index in [9.17, 15) is 15.0 Å². The van der Waals surface area contributed by atoms with Crippen molar-refractivity contribution < 1.29 is 19.7 Å². The number of benzene rings is 2. The maximum absolute atomic E-state index is 13.2. The lowest BCUT2D eigenvalue weighted by Crippen LogP contribution is -2.42. The van der Waals surface area contributed by atoms with Gasteiger partial charge < -0.3 is 19.8 Å². The van der Waals surface area contributed by atoms with Crippen LogP contribution < -0.4 is 15.6 Å². The fourth-order valence-electron chi connectivity index (χ4n) is 4.77. The predicted octanol–water partition coefficient (Wildman–Crippen LogP) is 2.59. The normalized spacial score (nSPS) is 25.1. The number of carbonyl (C=O) groups excluding carboxylic acids is 1. The zero-order valence-corrected chi connectivity index (χ0v) is 18.0. The van der Waals surface area contributed by atoms with E-state index < -0.39 is 6.04 Å². The van der Waals surface area contributed by atoms with Gasteiger partial charge >= 0.3 is 0 Å². The highest BCUT2D eigenvalue weighted by molar-refractivity contribution is 5.86. The van der Waals surface area contributed by atoms with Crippen molar-refractivity contribution in [3.05, 3.63) is 59.2 Å². The topological polar surface area (TPSA) is 94.1 Å². The van der Waals surface area contributed by atoms with E-state index in [1.807, 2.05) is 43.3 Å². The Bertz CT molecular complexity index is 935. The number of hydrogen-bond donors (Lipinski definition) is 4. The molecule has 0 bridgehead atoms. The van der Waals surface area contributed by atoms with E-state index in [1.54, 1.807) is 11.0 Å². The molecule has 0 aromatic heterocycles. The minimum Gasteiger partial charge on any atom is -0.508 e. The molecule has 1 amide bonds. The zero-order chi connectivity index (χ0) is 22.0. The van der Waals surface area contributed by atoms with Crippen molar-refractivity contribution in [1.29, 1.82) is 0 Å². The van der Waals surface area contributed by atoms with Gasteiger partial charge in [0.25, 0.3) is 0 Å². The first-order valence-corrected chi connectivity index (χ1v) is 11.0. The van der Waals surface area contributed by atoms with Crippen LogP contribution in [0.3, 0.4) is 0 Å². The van der Waals surface area contributed by atoms with Gasteiger partial charge in [0.15, 0.2) is 0 Å². The Balaban J connectivity index is 1.72. The number of β-amino-alcohol motifs (C(OH)–C–C–N with tert-alkyl or cyclic N) is 1. The molecule has 7 heteroatoms. The monoisotopic (exact) mass is 425 g/mol. The van der Waals surface area contributed by atoms with E-state index in [1.165, 1.54) is 0 Å². The molecule has 4 atom stereocenters. The van der Waals surface area contributed by atoms with E-state index in [4.69, 9.17) is 4.74 Å². The number of ether oxygens (including phenoxy) is 1. The van der Waals surface area contributed by atoms with Crippen LogP contribution in [0.15, 0.2) is 42.5 Å². The molecular weight excluding hydrogens is 394 g/mol. The van der Waals surface area contributed by atoms with Crippen LogP contribution in [0.4, 0.5) is 0 Å². The number of rotatable bonds is 8. The summed E-state index contributed by atoms with van der Waals surface area (Å²) in [5.74, 6) is 0.773. The number of hydrazine groups is 1. The summed E-state index contributed by atoms with van der Waals surface area (Å²) in [5, 5.41) is 20.2. The summed E-state index contributed by atoms with van der Waals surface area (Å²) in [6.45, 7) is 4.90. The highest BCUT2D eigenvalue weighted by Crippen LogP contribution is 2.48. The fraction of sp³-hybridized carbons (Fsp3) is 0.458. The first-order chi connectivity index (χ1) is 15.0. The number of fused-ring (bicyclic) bond motifs is 1. The minimum absolute atomic E-state index is 0.0523. The molecule has 4 N–H and O–H groups in total. The van der Waals surface area contributed by atoms with E-state index >= 15 is 0 Å². The Morgan fingerprint density at radius 2 is 1.94 bits per heavy atom. The average Bonchev–Trinajstić information content (AvgIpc) is 3.30. The number of aliphatic hydroxyl groups excluding tert-OH is 1. The summed E-state index contributed by atoms with van der Waals surface area (Å²) in [6.07, 6.45) is 2.04. The lowest BCUT2D eigenvalue weighted by atomic mass is 9.82. The van der Waals surface area contributed by atoms with Crippen LogP contribution in [0.2, 0.25) is 0 Å². The third-order valence-corrected chi connectivity index (χ3v) is 6.24. The number of hydrogen-bond acceptors (Lipinski definition) is 6. The number of phenolic OH excluding ortho intramolecular Hbond substituents is 1. The molecule has 0 aliphatic carbocycles. The molecule has 0 spiro atoms. The van der Waals surface area contributed by atoms with Crippen LogP contribution in [0.5, 0.6) is 11.5 Å². The van der Waals surface area contributed by atoms with Gasteiger partial charge in [-0.2, -0.15) is 0 Å². The molecule has 31 heavy (non-hydrogen) atoms.